The molecule has 0 spiro atoms. The number of halogens is 2. The van der Waals surface area contributed by atoms with Crippen LogP contribution in [0.2, 0.25) is 5.02 Å². The largest absolute Gasteiger partial charge is 0.290 e. The molecule has 6 heteroatoms. The second kappa shape index (κ2) is 5.33. The summed E-state index contributed by atoms with van der Waals surface area (Å²) >= 11 is 11.2. The minimum absolute atomic E-state index is 0.00421. The Morgan fingerprint density at radius 3 is 2.73 bits per heavy atom. The molecule has 2 heterocycles. The lowest BCUT2D eigenvalue weighted by Gasteiger charge is -2.14. The minimum atomic E-state index is -0.00421. The summed E-state index contributed by atoms with van der Waals surface area (Å²) in [5, 5.41) is 3.91. The molecule has 0 bridgehead atoms. The van der Waals surface area contributed by atoms with Crippen LogP contribution in [0.1, 0.15) is 5.56 Å². The number of nitrogens with one attached hydrogen (secondary N) is 1. The summed E-state index contributed by atoms with van der Waals surface area (Å²) in [6.07, 6.45) is 0. The number of hydrogen-bond acceptors (Lipinski definition) is 2. The summed E-state index contributed by atoms with van der Waals surface area (Å²) in [5.41, 5.74) is 3.46. The molecule has 1 aromatic heterocycles. The minimum Gasteiger partial charge on any atom is -0.290 e. The molecule has 4 rings (SSSR count). The van der Waals surface area contributed by atoms with Gasteiger partial charge >= 0.3 is 0 Å². The molecule has 0 saturated carbocycles. The average Bonchev–Trinajstić information content (AvgIpc) is 2.86. The number of benzene rings is 2. The van der Waals surface area contributed by atoms with Crippen molar-refractivity contribution in [2.45, 2.75) is 10.6 Å². The Bertz CT molecular complexity index is 930. The predicted octanol–water partition coefficient (Wildman–Crippen LogP) is 4.85. The summed E-state index contributed by atoms with van der Waals surface area (Å²) in [6, 6.07) is 13.4. The average molecular weight is 394 g/mol. The van der Waals surface area contributed by atoms with Gasteiger partial charge in [0, 0.05) is 25.7 Å². The summed E-state index contributed by atoms with van der Waals surface area (Å²) in [5.74, 6) is 0.669. The van der Waals surface area contributed by atoms with E-state index in [1.807, 2.05) is 42.5 Å². The van der Waals surface area contributed by atoms with Crippen molar-refractivity contribution >= 4 is 39.3 Å². The summed E-state index contributed by atoms with van der Waals surface area (Å²) in [7, 11) is 0. The number of aromatic nitrogens is 2. The highest BCUT2D eigenvalue weighted by molar-refractivity contribution is 9.10. The zero-order valence-corrected chi connectivity index (χ0v) is 14.4. The van der Waals surface area contributed by atoms with E-state index in [1.165, 1.54) is 0 Å². The van der Waals surface area contributed by atoms with Gasteiger partial charge in [0.05, 0.1) is 16.9 Å². The smallest absolute Gasteiger partial charge is 0.275 e. The highest BCUT2D eigenvalue weighted by Gasteiger charge is 2.23. The number of rotatable bonds is 1. The van der Waals surface area contributed by atoms with Gasteiger partial charge in [-0.1, -0.05) is 27.5 Å². The highest BCUT2D eigenvalue weighted by atomic mass is 79.9. The van der Waals surface area contributed by atoms with Gasteiger partial charge in [0.2, 0.25) is 0 Å². The Hall–Kier alpha value is -1.43. The molecule has 0 amide bonds. The van der Waals surface area contributed by atoms with E-state index in [0.29, 0.717) is 10.8 Å². The van der Waals surface area contributed by atoms with Crippen LogP contribution in [-0.2, 0) is 5.75 Å². The number of fused-ring (bicyclic) bond motifs is 3. The molecule has 0 fully saturated rings. The molecule has 0 unspecified atom stereocenters. The van der Waals surface area contributed by atoms with Crippen LogP contribution in [-0.4, -0.2) is 9.78 Å². The summed E-state index contributed by atoms with van der Waals surface area (Å²) in [6.45, 7) is 0. The lowest BCUT2D eigenvalue weighted by molar-refractivity contribution is 0.850. The molecule has 1 N–H and O–H groups in total. The molecular weight excluding hydrogens is 384 g/mol. The van der Waals surface area contributed by atoms with Crippen LogP contribution in [0.4, 0.5) is 0 Å². The van der Waals surface area contributed by atoms with E-state index in [2.05, 4.69) is 21.0 Å². The molecule has 1 aliphatic rings. The third kappa shape index (κ3) is 2.24. The number of aromatic amines is 1. The molecular formula is C16H10BrClN2OS. The Morgan fingerprint density at radius 1 is 1.18 bits per heavy atom. The Balaban J connectivity index is 1.93. The van der Waals surface area contributed by atoms with Crippen molar-refractivity contribution in [2.75, 3.05) is 0 Å². The molecule has 22 heavy (non-hydrogen) atoms. The predicted molar refractivity (Wildman–Crippen MR) is 94.1 cm³/mol. The number of hydrogen-bond donors (Lipinski definition) is 1. The second-order valence-electron chi connectivity index (χ2n) is 5.01. The first-order chi connectivity index (χ1) is 10.6. The summed E-state index contributed by atoms with van der Waals surface area (Å²) < 4.78 is 2.57. The maximum Gasteiger partial charge on any atom is 0.275 e. The lowest BCUT2D eigenvalue weighted by Crippen LogP contribution is -2.17. The molecule has 0 atom stereocenters. The molecule has 0 aliphatic carbocycles. The fraction of sp³-hybridized carbons (Fsp3) is 0.0625. The molecule has 3 nitrogen and oxygen atoms in total. The van der Waals surface area contributed by atoms with Crippen molar-refractivity contribution in [1.29, 1.82) is 0 Å². The molecule has 0 saturated heterocycles. The van der Waals surface area contributed by atoms with E-state index in [9.17, 15) is 4.79 Å². The van der Waals surface area contributed by atoms with E-state index in [-0.39, 0.29) is 5.56 Å². The zero-order chi connectivity index (χ0) is 15.3. The monoisotopic (exact) mass is 392 g/mol. The van der Waals surface area contributed by atoms with Crippen molar-refractivity contribution < 1.29 is 0 Å². The van der Waals surface area contributed by atoms with Crippen molar-refractivity contribution in [2.24, 2.45) is 0 Å². The summed E-state index contributed by atoms with van der Waals surface area (Å²) in [4.78, 5) is 13.8. The first-order valence-electron chi connectivity index (χ1n) is 6.66. The maximum absolute atomic E-state index is 12.7. The van der Waals surface area contributed by atoms with Crippen LogP contribution in [0.3, 0.4) is 0 Å². The first kappa shape index (κ1) is 14.2. The van der Waals surface area contributed by atoms with Gasteiger partial charge in [-0.3, -0.25) is 9.89 Å². The van der Waals surface area contributed by atoms with Crippen molar-refractivity contribution in [3.63, 3.8) is 0 Å². The van der Waals surface area contributed by atoms with Crippen molar-refractivity contribution in [1.82, 2.24) is 9.78 Å². The quantitative estimate of drug-likeness (QED) is 0.641. The number of nitrogens with zero attached hydrogens (tertiary/aromatic N) is 1. The second-order valence-corrected chi connectivity index (χ2v) is 7.38. The number of H-pyrrole nitrogens is 1. The number of thioether (sulfide) groups is 1. The van der Waals surface area contributed by atoms with Gasteiger partial charge in [-0.15, -0.1) is 11.8 Å². The normalized spacial score (nSPS) is 12.8. The van der Waals surface area contributed by atoms with Gasteiger partial charge in [0.15, 0.2) is 0 Å². The first-order valence-corrected chi connectivity index (χ1v) is 8.82. The van der Waals surface area contributed by atoms with E-state index >= 15 is 0 Å². The fourth-order valence-electron chi connectivity index (χ4n) is 2.57. The van der Waals surface area contributed by atoms with E-state index in [0.717, 1.165) is 31.9 Å². The topological polar surface area (TPSA) is 37.8 Å². The van der Waals surface area contributed by atoms with Crippen molar-refractivity contribution in [3.05, 3.63) is 67.9 Å². The van der Waals surface area contributed by atoms with Gasteiger partial charge in [-0.05, 0) is 42.5 Å². The Morgan fingerprint density at radius 2 is 1.95 bits per heavy atom. The van der Waals surface area contributed by atoms with Crippen LogP contribution < -0.4 is 5.56 Å². The molecule has 3 aromatic rings. The van der Waals surface area contributed by atoms with Gasteiger partial charge in [0.25, 0.3) is 5.56 Å². The third-order valence-electron chi connectivity index (χ3n) is 3.65. The van der Waals surface area contributed by atoms with Gasteiger partial charge in [0.1, 0.15) is 0 Å². The van der Waals surface area contributed by atoms with Crippen LogP contribution >= 0.6 is 39.3 Å². The Kier molecular flexibility index (Phi) is 3.44. The van der Waals surface area contributed by atoms with Gasteiger partial charge in [-0.25, -0.2) is 4.68 Å². The van der Waals surface area contributed by atoms with Crippen LogP contribution in [0.25, 0.3) is 16.9 Å². The van der Waals surface area contributed by atoms with Crippen LogP contribution in [0.5, 0.6) is 0 Å². The Labute approximate surface area is 144 Å². The van der Waals surface area contributed by atoms with Crippen LogP contribution in [0.15, 0.2) is 56.6 Å². The SMILES string of the molecule is O=c1c2c([nH]n1-c1ccc(Br)cc1)-c1cc(Cl)ccc1SC2. The lowest BCUT2D eigenvalue weighted by atomic mass is 10.1. The molecule has 2 aromatic carbocycles. The third-order valence-corrected chi connectivity index (χ3v) is 5.52. The van der Waals surface area contributed by atoms with E-state index in [1.54, 1.807) is 16.4 Å². The molecule has 110 valence electrons. The van der Waals surface area contributed by atoms with E-state index < -0.39 is 0 Å². The maximum atomic E-state index is 12.7. The highest BCUT2D eigenvalue weighted by Crippen LogP contribution is 2.40. The molecule has 0 radical (unpaired) electrons. The van der Waals surface area contributed by atoms with Gasteiger partial charge in [-0.2, -0.15) is 0 Å². The van der Waals surface area contributed by atoms with E-state index in [4.69, 9.17) is 11.6 Å². The zero-order valence-electron chi connectivity index (χ0n) is 11.3. The fourth-order valence-corrected chi connectivity index (χ4v) is 4.06. The standard InChI is InChI=1S/C16H10BrClN2OS/c17-9-1-4-11(5-2-9)20-16(21)13-8-22-14-6-3-10(18)7-12(14)15(13)19-20/h1-7,19H,8H2. The van der Waals surface area contributed by atoms with Crippen LogP contribution in [0, 0.1) is 0 Å². The molecule has 1 aliphatic heterocycles. The van der Waals surface area contributed by atoms with Gasteiger partial charge < -0.3 is 0 Å². The van der Waals surface area contributed by atoms with Crippen molar-refractivity contribution in [3.8, 4) is 16.9 Å².